The molecule has 14 heavy (non-hydrogen) atoms. The highest BCUT2D eigenvalue weighted by Crippen LogP contribution is 2.20. The molecule has 74 valence electrons. The molecule has 0 spiro atoms. The Labute approximate surface area is 78.8 Å². The molecule has 0 aliphatic rings. The lowest BCUT2D eigenvalue weighted by Crippen LogP contribution is -2.17. The number of nitrogens with two attached hydrogens (primary N) is 2. The van der Waals surface area contributed by atoms with E-state index < -0.39 is 10.8 Å². The summed E-state index contributed by atoms with van der Waals surface area (Å²) in [5.41, 5.74) is 7.25. The van der Waals surface area contributed by atoms with Crippen molar-refractivity contribution < 1.29 is 9.72 Å². The van der Waals surface area contributed by atoms with Crippen LogP contribution >= 0.6 is 0 Å². The number of nitrogen functional groups attached to an aromatic ring is 1. The molecule has 0 unspecified atom stereocenters. The SMILES string of the molecule is NNc1ccc([N+](=O)[O-])cc1C(N)=O. The van der Waals surface area contributed by atoms with Gasteiger partial charge in [-0.1, -0.05) is 0 Å². The molecular weight excluding hydrogens is 188 g/mol. The monoisotopic (exact) mass is 196 g/mol. The zero-order chi connectivity index (χ0) is 10.7. The third kappa shape index (κ3) is 1.77. The van der Waals surface area contributed by atoms with Gasteiger partial charge in [-0.15, -0.1) is 0 Å². The van der Waals surface area contributed by atoms with Crippen molar-refractivity contribution in [2.24, 2.45) is 11.6 Å². The summed E-state index contributed by atoms with van der Waals surface area (Å²) in [6.07, 6.45) is 0. The number of rotatable bonds is 3. The fourth-order valence-electron chi connectivity index (χ4n) is 0.976. The van der Waals surface area contributed by atoms with Crippen molar-refractivity contribution in [2.75, 3.05) is 5.43 Å². The standard InChI is InChI=1S/C7H8N4O3/c8-7(12)5-3-4(11(13)14)1-2-6(5)10-9/h1-3,10H,9H2,(H2,8,12). The Kier molecular flexibility index (Phi) is 2.63. The summed E-state index contributed by atoms with van der Waals surface area (Å²) in [5, 5.41) is 10.4. The van der Waals surface area contributed by atoms with Crippen molar-refractivity contribution >= 4 is 17.3 Å². The van der Waals surface area contributed by atoms with Crippen LogP contribution in [-0.2, 0) is 0 Å². The summed E-state index contributed by atoms with van der Waals surface area (Å²) in [5.74, 6) is 4.31. The number of nitro benzene ring substituents is 1. The smallest absolute Gasteiger partial charge is 0.270 e. The largest absolute Gasteiger partial charge is 0.366 e. The van der Waals surface area contributed by atoms with E-state index >= 15 is 0 Å². The molecule has 0 bridgehead atoms. The Bertz CT molecular complexity index is 391. The van der Waals surface area contributed by atoms with Gasteiger partial charge in [0.25, 0.3) is 11.6 Å². The first-order valence-electron chi connectivity index (χ1n) is 3.61. The molecule has 7 nitrogen and oxygen atoms in total. The summed E-state index contributed by atoms with van der Waals surface area (Å²) < 4.78 is 0. The van der Waals surface area contributed by atoms with E-state index in [4.69, 9.17) is 11.6 Å². The van der Waals surface area contributed by atoms with Crippen LogP contribution in [-0.4, -0.2) is 10.8 Å². The zero-order valence-corrected chi connectivity index (χ0v) is 7.06. The van der Waals surface area contributed by atoms with E-state index in [9.17, 15) is 14.9 Å². The molecular formula is C7H8N4O3. The number of benzene rings is 1. The maximum atomic E-state index is 10.9. The molecule has 0 heterocycles. The number of nitro groups is 1. The van der Waals surface area contributed by atoms with Crippen LogP contribution in [0.3, 0.4) is 0 Å². The van der Waals surface area contributed by atoms with Crippen molar-refractivity contribution in [3.8, 4) is 0 Å². The predicted molar refractivity (Wildman–Crippen MR) is 49.4 cm³/mol. The molecule has 0 saturated carbocycles. The Balaban J connectivity index is 3.27. The first-order chi connectivity index (χ1) is 6.56. The second-order valence-electron chi connectivity index (χ2n) is 2.50. The molecule has 0 atom stereocenters. The van der Waals surface area contributed by atoms with Crippen LogP contribution in [0.5, 0.6) is 0 Å². The predicted octanol–water partition coefficient (Wildman–Crippen LogP) is -0.0207. The first-order valence-corrected chi connectivity index (χ1v) is 3.61. The van der Waals surface area contributed by atoms with Gasteiger partial charge in [0.05, 0.1) is 16.2 Å². The number of nitrogens with zero attached hydrogens (tertiary/aromatic N) is 1. The summed E-state index contributed by atoms with van der Waals surface area (Å²) in [4.78, 5) is 20.6. The average Bonchev–Trinajstić information content (AvgIpc) is 2.16. The van der Waals surface area contributed by atoms with E-state index in [2.05, 4.69) is 5.43 Å². The molecule has 1 aromatic rings. The highest BCUT2D eigenvalue weighted by atomic mass is 16.6. The van der Waals surface area contributed by atoms with Crippen LogP contribution in [0.1, 0.15) is 10.4 Å². The maximum absolute atomic E-state index is 10.9. The number of carbonyl (C=O) groups is 1. The fourth-order valence-corrected chi connectivity index (χ4v) is 0.976. The van der Waals surface area contributed by atoms with Gasteiger partial charge < -0.3 is 11.2 Å². The third-order valence-electron chi connectivity index (χ3n) is 1.63. The average molecular weight is 196 g/mol. The van der Waals surface area contributed by atoms with Gasteiger partial charge in [-0.3, -0.25) is 20.8 Å². The number of hydrogen-bond acceptors (Lipinski definition) is 5. The third-order valence-corrected chi connectivity index (χ3v) is 1.63. The van der Waals surface area contributed by atoms with Crippen LogP contribution in [0.15, 0.2) is 18.2 Å². The zero-order valence-electron chi connectivity index (χ0n) is 7.06. The molecule has 0 aliphatic carbocycles. The Morgan fingerprint density at radius 3 is 2.57 bits per heavy atom. The molecule has 1 amide bonds. The van der Waals surface area contributed by atoms with E-state index in [0.717, 1.165) is 6.07 Å². The normalized spacial score (nSPS) is 9.50. The van der Waals surface area contributed by atoms with Gasteiger partial charge in [-0.05, 0) is 6.07 Å². The topological polar surface area (TPSA) is 124 Å². The van der Waals surface area contributed by atoms with Crippen molar-refractivity contribution in [3.63, 3.8) is 0 Å². The number of carbonyl (C=O) groups excluding carboxylic acids is 1. The van der Waals surface area contributed by atoms with Gasteiger partial charge in [0.1, 0.15) is 0 Å². The number of anilines is 1. The van der Waals surface area contributed by atoms with E-state index in [0.29, 0.717) is 0 Å². The Morgan fingerprint density at radius 2 is 2.14 bits per heavy atom. The summed E-state index contributed by atoms with van der Waals surface area (Å²) in [6, 6.07) is 3.61. The lowest BCUT2D eigenvalue weighted by Gasteiger charge is -2.04. The number of amides is 1. The molecule has 0 saturated heterocycles. The minimum Gasteiger partial charge on any atom is -0.366 e. The van der Waals surface area contributed by atoms with Gasteiger partial charge in [-0.25, -0.2) is 0 Å². The van der Waals surface area contributed by atoms with Gasteiger partial charge in [-0.2, -0.15) is 0 Å². The van der Waals surface area contributed by atoms with Crippen molar-refractivity contribution in [1.82, 2.24) is 0 Å². The van der Waals surface area contributed by atoms with Crippen LogP contribution in [0.4, 0.5) is 11.4 Å². The van der Waals surface area contributed by atoms with E-state index in [1.807, 2.05) is 0 Å². The van der Waals surface area contributed by atoms with Gasteiger partial charge >= 0.3 is 0 Å². The quantitative estimate of drug-likeness (QED) is 0.356. The van der Waals surface area contributed by atoms with Crippen LogP contribution < -0.4 is 17.0 Å². The number of primary amides is 1. The summed E-state index contributed by atoms with van der Waals surface area (Å²) in [6.45, 7) is 0. The minimum atomic E-state index is -0.776. The van der Waals surface area contributed by atoms with Crippen molar-refractivity contribution in [1.29, 1.82) is 0 Å². The molecule has 7 heteroatoms. The molecule has 0 aromatic heterocycles. The van der Waals surface area contributed by atoms with Crippen molar-refractivity contribution in [3.05, 3.63) is 33.9 Å². The van der Waals surface area contributed by atoms with Gasteiger partial charge in [0, 0.05) is 12.1 Å². The number of hydrogen-bond donors (Lipinski definition) is 3. The minimum absolute atomic E-state index is 0.0123. The van der Waals surface area contributed by atoms with Crippen molar-refractivity contribution in [2.45, 2.75) is 0 Å². The molecule has 5 N–H and O–H groups in total. The highest BCUT2D eigenvalue weighted by Gasteiger charge is 2.13. The summed E-state index contributed by atoms with van der Waals surface area (Å²) in [7, 11) is 0. The molecule has 0 aliphatic heterocycles. The number of non-ortho nitro benzene ring substituents is 1. The van der Waals surface area contributed by atoms with Crippen LogP contribution in [0.25, 0.3) is 0 Å². The van der Waals surface area contributed by atoms with Crippen LogP contribution in [0.2, 0.25) is 0 Å². The van der Waals surface area contributed by atoms with E-state index in [1.165, 1.54) is 12.1 Å². The second kappa shape index (κ2) is 3.71. The molecule has 0 radical (unpaired) electrons. The lowest BCUT2D eigenvalue weighted by molar-refractivity contribution is -0.384. The van der Waals surface area contributed by atoms with Gasteiger partial charge in [0.2, 0.25) is 0 Å². The van der Waals surface area contributed by atoms with E-state index in [-0.39, 0.29) is 16.9 Å². The number of hydrazine groups is 1. The Hall–Kier alpha value is -2.15. The van der Waals surface area contributed by atoms with Crippen LogP contribution in [0, 0.1) is 10.1 Å². The molecule has 1 rings (SSSR count). The second-order valence-corrected chi connectivity index (χ2v) is 2.50. The maximum Gasteiger partial charge on any atom is 0.270 e. The number of nitrogens with one attached hydrogen (secondary N) is 1. The highest BCUT2D eigenvalue weighted by molar-refractivity contribution is 5.99. The van der Waals surface area contributed by atoms with Gasteiger partial charge in [0.15, 0.2) is 0 Å². The van der Waals surface area contributed by atoms with E-state index in [1.54, 1.807) is 0 Å². The molecule has 0 fully saturated rings. The Morgan fingerprint density at radius 1 is 1.50 bits per heavy atom. The molecule has 1 aromatic carbocycles. The fraction of sp³-hybridized carbons (Fsp3) is 0. The first kappa shape index (κ1) is 9.93. The lowest BCUT2D eigenvalue weighted by atomic mass is 10.1. The summed E-state index contributed by atoms with van der Waals surface area (Å²) >= 11 is 0.